The molecule has 0 aromatic carbocycles. The maximum Gasteiger partial charge on any atom is 0.339 e. The second kappa shape index (κ2) is 6.98. The Morgan fingerprint density at radius 2 is 2.12 bits per heavy atom. The Balaban J connectivity index is 1.89. The number of nitrogens with zero attached hydrogens (tertiary/aromatic N) is 4. The van der Waals surface area contributed by atoms with Crippen LogP contribution in [0.4, 0.5) is 5.69 Å². The van der Waals surface area contributed by atoms with Gasteiger partial charge in [-0.3, -0.25) is 14.2 Å². The van der Waals surface area contributed by atoms with Crippen LogP contribution in [-0.4, -0.2) is 38.1 Å². The summed E-state index contributed by atoms with van der Waals surface area (Å²) in [5.74, 6) is -0.826. The minimum absolute atomic E-state index is 0.128. The molecule has 3 aromatic heterocycles. The number of halogens is 1. The number of ether oxygens (including phenoxy) is 1. The molecule has 0 aliphatic carbocycles. The highest BCUT2D eigenvalue weighted by atomic mass is 79.9. The first-order valence-corrected chi connectivity index (χ1v) is 8.24. The van der Waals surface area contributed by atoms with Crippen molar-refractivity contribution >= 4 is 39.1 Å². The van der Waals surface area contributed by atoms with Gasteiger partial charge in [0.15, 0.2) is 5.65 Å². The van der Waals surface area contributed by atoms with Gasteiger partial charge >= 0.3 is 5.97 Å². The van der Waals surface area contributed by atoms with Crippen molar-refractivity contribution in [3.8, 4) is 0 Å². The van der Waals surface area contributed by atoms with Crippen LogP contribution in [0.15, 0.2) is 35.1 Å². The number of esters is 1. The SMILES string of the molecule is CCOC(=O)c1cnc(C)c(NC(=O)c2nnc3cc(Br)ccn23)c1. The summed E-state index contributed by atoms with van der Waals surface area (Å²) in [6.07, 6.45) is 3.10. The topological polar surface area (TPSA) is 98.5 Å². The van der Waals surface area contributed by atoms with E-state index in [-0.39, 0.29) is 18.0 Å². The lowest BCUT2D eigenvalue weighted by Crippen LogP contribution is -2.17. The van der Waals surface area contributed by atoms with Gasteiger partial charge in [0.2, 0.25) is 5.82 Å². The molecule has 8 nitrogen and oxygen atoms in total. The second-order valence-electron chi connectivity index (χ2n) is 5.13. The highest BCUT2D eigenvalue weighted by Gasteiger charge is 2.17. The van der Waals surface area contributed by atoms with Crippen LogP contribution in [0.2, 0.25) is 0 Å². The highest BCUT2D eigenvalue weighted by molar-refractivity contribution is 9.10. The number of carbonyl (C=O) groups excluding carboxylic acids is 2. The van der Waals surface area contributed by atoms with Crippen LogP contribution in [0, 0.1) is 6.92 Å². The summed E-state index contributed by atoms with van der Waals surface area (Å²) in [5.41, 5.74) is 1.77. The fourth-order valence-electron chi connectivity index (χ4n) is 2.18. The van der Waals surface area contributed by atoms with Gasteiger partial charge in [-0.25, -0.2) is 4.79 Å². The lowest BCUT2D eigenvalue weighted by atomic mass is 10.2. The zero-order valence-electron chi connectivity index (χ0n) is 13.5. The third kappa shape index (κ3) is 3.50. The Hall–Kier alpha value is -2.81. The second-order valence-corrected chi connectivity index (χ2v) is 6.04. The number of anilines is 1. The largest absolute Gasteiger partial charge is 0.462 e. The van der Waals surface area contributed by atoms with Crippen molar-refractivity contribution in [2.24, 2.45) is 0 Å². The van der Waals surface area contributed by atoms with E-state index in [1.807, 2.05) is 0 Å². The predicted octanol–water partition coefficient (Wildman–Crippen LogP) is 2.62. The molecule has 0 bridgehead atoms. The van der Waals surface area contributed by atoms with Crippen LogP contribution in [0.1, 0.15) is 33.6 Å². The van der Waals surface area contributed by atoms with Crippen LogP contribution in [0.3, 0.4) is 0 Å². The molecule has 0 atom stereocenters. The fraction of sp³-hybridized carbons (Fsp3) is 0.188. The molecule has 3 rings (SSSR count). The number of nitrogens with one attached hydrogen (secondary N) is 1. The summed E-state index contributed by atoms with van der Waals surface area (Å²) < 4.78 is 7.35. The Morgan fingerprint density at radius 3 is 2.88 bits per heavy atom. The lowest BCUT2D eigenvalue weighted by molar-refractivity contribution is 0.0525. The Kier molecular flexibility index (Phi) is 4.75. The van der Waals surface area contributed by atoms with Gasteiger partial charge in [-0.05, 0) is 32.0 Å². The van der Waals surface area contributed by atoms with Gasteiger partial charge in [0, 0.05) is 16.9 Å². The molecule has 9 heteroatoms. The number of amides is 1. The zero-order valence-corrected chi connectivity index (χ0v) is 15.1. The number of rotatable bonds is 4. The summed E-state index contributed by atoms with van der Waals surface area (Å²) in [6, 6.07) is 5.05. The van der Waals surface area contributed by atoms with Crippen LogP contribution in [-0.2, 0) is 4.74 Å². The van der Waals surface area contributed by atoms with Crippen molar-refractivity contribution < 1.29 is 14.3 Å². The van der Waals surface area contributed by atoms with Crippen molar-refractivity contribution in [1.29, 1.82) is 0 Å². The molecule has 25 heavy (non-hydrogen) atoms. The predicted molar refractivity (Wildman–Crippen MR) is 93.6 cm³/mol. The molecule has 0 saturated carbocycles. The monoisotopic (exact) mass is 403 g/mol. The number of carbonyl (C=O) groups is 2. The standard InChI is InChI=1S/C16H14BrN5O3/c1-3-25-16(24)10-6-12(9(2)18-8-10)19-15(23)14-21-20-13-7-11(17)4-5-22(13)14/h4-8H,3H2,1-2H3,(H,19,23). The molecule has 0 saturated heterocycles. The fourth-order valence-corrected chi connectivity index (χ4v) is 2.51. The number of fused-ring (bicyclic) bond motifs is 1. The number of pyridine rings is 2. The van der Waals surface area contributed by atoms with Crippen molar-refractivity contribution in [2.75, 3.05) is 11.9 Å². The average molecular weight is 404 g/mol. The minimum atomic E-state index is -0.497. The molecule has 0 unspecified atom stereocenters. The van der Waals surface area contributed by atoms with Gasteiger partial charge in [0.1, 0.15) is 0 Å². The Bertz CT molecular complexity index is 970. The first-order chi connectivity index (χ1) is 12.0. The number of hydrogen-bond acceptors (Lipinski definition) is 6. The average Bonchev–Trinajstić information content (AvgIpc) is 3.00. The molecule has 0 radical (unpaired) electrons. The molecule has 0 fully saturated rings. The number of aryl methyl sites for hydroxylation is 1. The van der Waals surface area contributed by atoms with Gasteiger partial charge in [-0.1, -0.05) is 15.9 Å². The highest BCUT2D eigenvalue weighted by Crippen LogP contribution is 2.17. The maximum atomic E-state index is 12.5. The molecule has 0 aliphatic heterocycles. The molecule has 0 aliphatic rings. The lowest BCUT2D eigenvalue weighted by Gasteiger charge is -2.09. The third-order valence-corrected chi connectivity index (χ3v) is 3.91. The Labute approximate surface area is 151 Å². The van der Waals surface area contributed by atoms with Gasteiger partial charge < -0.3 is 10.1 Å². The molecule has 3 aromatic rings. The maximum absolute atomic E-state index is 12.5. The smallest absolute Gasteiger partial charge is 0.339 e. The third-order valence-electron chi connectivity index (χ3n) is 3.42. The first-order valence-electron chi connectivity index (χ1n) is 7.45. The quantitative estimate of drug-likeness (QED) is 0.672. The van der Waals surface area contributed by atoms with Crippen molar-refractivity contribution in [3.63, 3.8) is 0 Å². The van der Waals surface area contributed by atoms with E-state index in [9.17, 15) is 9.59 Å². The van der Waals surface area contributed by atoms with Gasteiger partial charge in [-0.15, -0.1) is 10.2 Å². The van der Waals surface area contributed by atoms with E-state index in [1.54, 1.807) is 36.6 Å². The number of aromatic nitrogens is 4. The van der Waals surface area contributed by atoms with E-state index < -0.39 is 11.9 Å². The summed E-state index contributed by atoms with van der Waals surface area (Å²) >= 11 is 3.34. The van der Waals surface area contributed by atoms with E-state index in [2.05, 4.69) is 36.4 Å². The molecule has 1 amide bonds. The van der Waals surface area contributed by atoms with Gasteiger partial charge in [0.05, 0.1) is 23.6 Å². The van der Waals surface area contributed by atoms with E-state index in [0.717, 1.165) is 4.47 Å². The zero-order chi connectivity index (χ0) is 18.0. The van der Waals surface area contributed by atoms with E-state index >= 15 is 0 Å². The summed E-state index contributed by atoms with van der Waals surface area (Å²) in [4.78, 5) is 28.5. The number of hydrogen-bond donors (Lipinski definition) is 1. The van der Waals surface area contributed by atoms with Crippen molar-refractivity contribution in [1.82, 2.24) is 19.6 Å². The van der Waals surface area contributed by atoms with Crippen LogP contribution < -0.4 is 5.32 Å². The minimum Gasteiger partial charge on any atom is -0.462 e. The van der Waals surface area contributed by atoms with Crippen LogP contribution in [0.25, 0.3) is 5.65 Å². The molecular weight excluding hydrogens is 390 g/mol. The molecule has 3 heterocycles. The summed E-state index contributed by atoms with van der Waals surface area (Å²) in [7, 11) is 0. The normalized spacial score (nSPS) is 10.7. The first kappa shape index (κ1) is 17.0. The van der Waals surface area contributed by atoms with Crippen molar-refractivity contribution in [3.05, 3.63) is 52.1 Å². The summed E-state index contributed by atoms with van der Waals surface area (Å²) in [5, 5.41) is 10.6. The van der Waals surface area contributed by atoms with E-state index in [4.69, 9.17) is 4.74 Å². The molecular formula is C16H14BrN5O3. The van der Waals surface area contributed by atoms with Crippen molar-refractivity contribution in [2.45, 2.75) is 13.8 Å². The van der Waals surface area contributed by atoms with Gasteiger partial charge in [-0.2, -0.15) is 0 Å². The van der Waals surface area contributed by atoms with E-state index in [1.165, 1.54) is 12.3 Å². The van der Waals surface area contributed by atoms with E-state index in [0.29, 0.717) is 17.0 Å². The van der Waals surface area contributed by atoms with Gasteiger partial charge in [0.25, 0.3) is 5.91 Å². The summed E-state index contributed by atoms with van der Waals surface area (Å²) in [6.45, 7) is 3.70. The van der Waals surface area contributed by atoms with Crippen LogP contribution >= 0.6 is 15.9 Å². The molecule has 1 N–H and O–H groups in total. The molecule has 128 valence electrons. The molecule has 0 spiro atoms. The Morgan fingerprint density at radius 1 is 1.32 bits per heavy atom. The van der Waals surface area contributed by atoms with Crippen LogP contribution in [0.5, 0.6) is 0 Å².